The molecule has 2 atom stereocenters. The molecule has 9 heteroatoms. The summed E-state index contributed by atoms with van der Waals surface area (Å²) in [4.78, 5) is 16.0. The van der Waals surface area contributed by atoms with E-state index >= 15 is 0 Å². The molecular weight excluding hydrogens is 366 g/mol. The van der Waals surface area contributed by atoms with Gasteiger partial charge < -0.3 is 10.1 Å². The predicted molar refractivity (Wildman–Crippen MR) is 100 cm³/mol. The fraction of sp³-hybridized carbons (Fsp3) is 0.579. The number of H-pyrrole nitrogens is 1. The summed E-state index contributed by atoms with van der Waals surface area (Å²) in [5.74, 6) is -1.48. The third-order valence-electron chi connectivity index (χ3n) is 6.09. The number of halogens is 2. The average molecular weight is 390 g/mol. The summed E-state index contributed by atoms with van der Waals surface area (Å²) in [5, 5.41) is 10.8. The van der Waals surface area contributed by atoms with Crippen LogP contribution < -0.4 is 0 Å². The highest BCUT2D eigenvalue weighted by Crippen LogP contribution is 2.32. The second kappa shape index (κ2) is 6.75. The van der Waals surface area contributed by atoms with Crippen LogP contribution in [0.5, 0.6) is 0 Å². The highest BCUT2D eigenvalue weighted by Gasteiger charge is 2.38. The van der Waals surface area contributed by atoms with Gasteiger partial charge in [0.1, 0.15) is 5.82 Å². The Morgan fingerprint density at radius 1 is 1.14 bits per heavy atom. The molecule has 7 nitrogen and oxygen atoms in total. The first kappa shape index (κ1) is 18.0. The summed E-state index contributed by atoms with van der Waals surface area (Å²) in [5.41, 5.74) is 2.74. The molecule has 5 rings (SSSR count). The van der Waals surface area contributed by atoms with Gasteiger partial charge in [0, 0.05) is 51.1 Å². The van der Waals surface area contributed by atoms with Gasteiger partial charge in [0.25, 0.3) is 5.92 Å². The van der Waals surface area contributed by atoms with Crippen molar-refractivity contribution in [2.75, 3.05) is 26.2 Å². The molecule has 3 aromatic heterocycles. The normalized spacial score (nSPS) is 25.5. The highest BCUT2D eigenvalue weighted by molar-refractivity contribution is 5.75. The Morgan fingerprint density at radius 3 is 2.75 bits per heavy atom. The zero-order chi connectivity index (χ0) is 19.3. The molecule has 5 heterocycles. The molecular formula is C19H24F2N6O. The molecule has 28 heavy (non-hydrogen) atoms. The van der Waals surface area contributed by atoms with Gasteiger partial charge in [-0.05, 0) is 18.9 Å². The lowest BCUT2D eigenvalue weighted by atomic mass is 9.97. The molecule has 2 aliphatic rings. The molecule has 0 aromatic carbocycles. The van der Waals surface area contributed by atoms with Gasteiger partial charge in [0.15, 0.2) is 12.0 Å². The minimum absolute atomic E-state index is 0.164. The van der Waals surface area contributed by atoms with E-state index in [4.69, 9.17) is 0 Å². The molecule has 1 unspecified atom stereocenters. The number of nitrogens with one attached hydrogen (secondary N) is 1. The van der Waals surface area contributed by atoms with Crippen LogP contribution in [0.15, 0.2) is 24.7 Å². The van der Waals surface area contributed by atoms with Crippen LogP contribution in [0.4, 0.5) is 8.78 Å². The van der Waals surface area contributed by atoms with E-state index in [1.807, 2.05) is 23.4 Å². The van der Waals surface area contributed by atoms with Gasteiger partial charge >= 0.3 is 0 Å². The molecule has 2 fully saturated rings. The summed E-state index contributed by atoms with van der Waals surface area (Å²) in [7, 11) is 0. The van der Waals surface area contributed by atoms with Crippen molar-refractivity contribution in [1.82, 2.24) is 29.2 Å². The number of fused-ring (bicyclic) bond motifs is 3. The van der Waals surface area contributed by atoms with Crippen molar-refractivity contribution in [3.05, 3.63) is 30.5 Å². The number of rotatable bonds is 3. The van der Waals surface area contributed by atoms with Crippen LogP contribution >= 0.6 is 0 Å². The van der Waals surface area contributed by atoms with E-state index in [9.17, 15) is 13.9 Å². The van der Waals surface area contributed by atoms with Crippen molar-refractivity contribution in [3.8, 4) is 0 Å². The Balaban J connectivity index is 1.37. The van der Waals surface area contributed by atoms with Crippen LogP contribution in [0.1, 0.15) is 37.4 Å². The smallest absolute Gasteiger partial charge is 0.250 e. The Bertz CT molecular complexity index is 975. The SMILES string of the molecule is OC(N1CCC(F)(F)CC1)N1CCC[C@@H](c2ncc3cnc4[nH]ccc4n23)C1. The molecule has 0 aliphatic carbocycles. The molecule has 0 amide bonds. The van der Waals surface area contributed by atoms with Crippen molar-refractivity contribution in [2.24, 2.45) is 0 Å². The molecule has 2 N–H and O–H groups in total. The van der Waals surface area contributed by atoms with E-state index in [1.165, 1.54) is 0 Å². The number of alkyl halides is 2. The first-order chi connectivity index (χ1) is 13.5. The maximum atomic E-state index is 13.4. The summed E-state index contributed by atoms with van der Waals surface area (Å²) < 4.78 is 29.0. The number of aromatic nitrogens is 4. The molecule has 0 bridgehead atoms. The number of aliphatic hydroxyl groups excluding tert-OH is 1. The van der Waals surface area contributed by atoms with Gasteiger partial charge in [-0.25, -0.2) is 18.7 Å². The number of aromatic amines is 1. The standard InChI is InChI=1S/C19H24F2N6O/c20-19(21)4-8-25(9-5-19)18(28)26-7-1-2-13(12-26)17-24-11-14-10-23-16-15(27(14)17)3-6-22-16/h3,6,10-11,13,18,22,28H,1-2,4-5,7-9,12H2/t13-,18?/m1/s1. The molecule has 150 valence electrons. The van der Waals surface area contributed by atoms with Crippen molar-refractivity contribution < 1.29 is 13.9 Å². The van der Waals surface area contributed by atoms with E-state index in [0.717, 1.165) is 41.9 Å². The predicted octanol–water partition coefficient (Wildman–Crippen LogP) is 2.40. The van der Waals surface area contributed by atoms with E-state index in [-0.39, 0.29) is 31.8 Å². The van der Waals surface area contributed by atoms with Gasteiger partial charge in [0.2, 0.25) is 0 Å². The number of piperidine rings is 2. The first-order valence-electron chi connectivity index (χ1n) is 9.85. The van der Waals surface area contributed by atoms with Crippen LogP contribution in [0.3, 0.4) is 0 Å². The quantitative estimate of drug-likeness (QED) is 0.719. The molecule has 0 radical (unpaired) electrons. The lowest BCUT2D eigenvalue weighted by Crippen LogP contribution is -2.55. The molecule has 3 aromatic rings. The van der Waals surface area contributed by atoms with Crippen LogP contribution in [-0.2, 0) is 0 Å². The van der Waals surface area contributed by atoms with Gasteiger partial charge in [0.05, 0.1) is 23.4 Å². The van der Waals surface area contributed by atoms with Crippen LogP contribution in [0.25, 0.3) is 16.7 Å². The number of aliphatic hydroxyl groups is 1. The van der Waals surface area contributed by atoms with E-state index in [1.54, 1.807) is 11.1 Å². The minimum Gasteiger partial charge on any atom is -0.365 e. The Labute approximate surface area is 161 Å². The minimum atomic E-state index is -2.61. The fourth-order valence-corrected chi connectivity index (χ4v) is 4.53. The molecule has 0 spiro atoms. The van der Waals surface area contributed by atoms with Crippen LogP contribution in [0.2, 0.25) is 0 Å². The van der Waals surface area contributed by atoms with E-state index in [0.29, 0.717) is 6.54 Å². The molecule has 0 saturated carbocycles. The number of imidazole rings is 1. The molecule has 2 aliphatic heterocycles. The third kappa shape index (κ3) is 3.07. The van der Waals surface area contributed by atoms with Gasteiger partial charge in [-0.15, -0.1) is 0 Å². The maximum Gasteiger partial charge on any atom is 0.250 e. The zero-order valence-electron chi connectivity index (χ0n) is 15.6. The van der Waals surface area contributed by atoms with Crippen LogP contribution in [0, 0.1) is 0 Å². The lowest BCUT2D eigenvalue weighted by Gasteiger charge is -2.42. The van der Waals surface area contributed by atoms with Crippen LogP contribution in [-0.4, -0.2) is 72.7 Å². The van der Waals surface area contributed by atoms with Crippen molar-refractivity contribution in [3.63, 3.8) is 0 Å². The second-order valence-electron chi connectivity index (χ2n) is 7.92. The summed E-state index contributed by atoms with van der Waals surface area (Å²) in [6, 6.07) is 1.99. The monoisotopic (exact) mass is 390 g/mol. The maximum absolute atomic E-state index is 13.4. The Hall–Kier alpha value is -2.10. The Kier molecular flexibility index (Phi) is 4.33. The van der Waals surface area contributed by atoms with E-state index in [2.05, 4.69) is 19.4 Å². The Morgan fingerprint density at radius 2 is 1.93 bits per heavy atom. The van der Waals surface area contributed by atoms with Gasteiger partial charge in [-0.2, -0.15) is 0 Å². The summed E-state index contributed by atoms with van der Waals surface area (Å²) in [6.07, 6.45) is 6.21. The number of hydrogen-bond donors (Lipinski definition) is 2. The highest BCUT2D eigenvalue weighted by atomic mass is 19.3. The van der Waals surface area contributed by atoms with Gasteiger partial charge in [-0.1, -0.05) is 0 Å². The van der Waals surface area contributed by atoms with Crippen molar-refractivity contribution in [2.45, 2.75) is 43.9 Å². The second-order valence-corrected chi connectivity index (χ2v) is 7.92. The van der Waals surface area contributed by atoms with E-state index < -0.39 is 12.3 Å². The summed E-state index contributed by atoms with van der Waals surface area (Å²) in [6.45, 7) is 1.85. The zero-order valence-corrected chi connectivity index (χ0v) is 15.6. The summed E-state index contributed by atoms with van der Waals surface area (Å²) >= 11 is 0. The number of hydrogen-bond acceptors (Lipinski definition) is 5. The third-order valence-corrected chi connectivity index (χ3v) is 6.09. The number of likely N-dealkylation sites (tertiary alicyclic amines) is 2. The van der Waals surface area contributed by atoms with Crippen molar-refractivity contribution >= 4 is 16.7 Å². The largest absolute Gasteiger partial charge is 0.365 e. The first-order valence-corrected chi connectivity index (χ1v) is 9.85. The fourth-order valence-electron chi connectivity index (χ4n) is 4.53. The number of nitrogens with zero attached hydrogens (tertiary/aromatic N) is 5. The van der Waals surface area contributed by atoms with Crippen molar-refractivity contribution in [1.29, 1.82) is 0 Å². The lowest BCUT2D eigenvalue weighted by molar-refractivity contribution is -0.155. The average Bonchev–Trinajstić information content (AvgIpc) is 3.33. The topological polar surface area (TPSA) is 72.7 Å². The van der Waals surface area contributed by atoms with Gasteiger partial charge in [-0.3, -0.25) is 14.2 Å². The molecule has 2 saturated heterocycles.